The van der Waals surface area contributed by atoms with Crippen LogP contribution in [-0.4, -0.2) is 18.9 Å². The van der Waals surface area contributed by atoms with E-state index in [2.05, 4.69) is 11.8 Å². The van der Waals surface area contributed by atoms with E-state index in [1.54, 1.807) is 6.07 Å². The van der Waals surface area contributed by atoms with E-state index in [1.807, 2.05) is 0 Å². The molecule has 1 unspecified atom stereocenters. The van der Waals surface area contributed by atoms with Gasteiger partial charge in [-0.3, -0.25) is 4.79 Å². The quantitative estimate of drug-likeness (QED) is 0.748. The van der Waals surface area contributed by atoms with Crippen LogP contribution in [0.4, 0.5) is 10.1 Å². The van der Waals surface area contributed by atoms with Crippen LogP contribution in [0.1, 0.15) is 43.0 Å². The molecule has 1 aromatic carbocycles. The van der Waals surface area contributed by atoms with E-state index in [0.717, 1.165) is 37.8 Å². The monoisotopic (exact) mass is 235 g/mol. The van der Waals surface area contributed by atoms with Crippen molar-refractivity contribution in [1.82, 2.24) is 0 Å². The van der Waals surface area contributed by atoms with Gasteiger partial charge in [0.05, 0.1) is 0 Å². The molecule has 2 rings (SSSR count). The molecule has 1 aliphatic rings. The van der Waals surface area contributed by atoms with Gasteiger partial charge in [-0.15, -0.1) is 0 Å². The third-order valence-corrected chi connectivity index (χ3v) is 3.52. The maximum Gasteiger partial charge on any atom is 0.152 e. The molecule has 0 aromatic heterocycles. The Balaban J connectivity index is 2.34. The standard InChI is InChI=1S/C14H18FNO/c1-2-13-5-3-4-8-16(13)14-7-6-12(15)9-11(14)10-17/h6-7,9-10,13H,2-5,8H2,1H3. The number of aldehydes is 1. The normalized spacial score (nSPS) is 20.4. The number of carbonyl (C=O) groups is 1. The fraction of sp³-hybridized carbons (Fsp3) is 0.500. The summed E-state index contributed by atoms with van der Waals surface area (Å²) in [6.45, 7) is 3.12. The molecule has 0 saturated carbocycles. The number of benzene rings is 1. The summed E-state index contributed by atoms with van der Waals surface area (Å²) in [5.41, 5.74) is 1.35. The van der Waals surface area contributed by atoms with Gasteiger partial charge in [-0.2, -0.15) is 0 Å². The highest BCUT2D eigenvalue weighted by molar-refractivity contribution is 5.84. The minimum atomic E-state index is -0.346. The molecule has 1 fully saturated rings. The summed E-state index contributed by atoms with van der Waals surface area (Å²) in [5, 5.41) is 0. The molecule has 1 saturated heterocycles. The first-order valence-electron chi connectivity index (χ1n) is 6.27. The van der Waals surface area contributed by atoms with Crippen LogP contribution in [0, 0.1) is 5.82 Å². The Morgan fingerprint density at radius 3 is 3.00 bits per heavy atom. The van der Waals surface area contributed by atoms with Gasteiger partial charge in [-0.05, 0) is 43.9 Å². The molecule has 0 N–H and O–H groups in total. The summed E-state index contributed by atoms with van der Waals surface area (Å²) in [6, 6.07) is 4.97. The van der Waals surface area contributed by atoms with Crippen molar-refractivity contribution in [2.75, 3.05) is 11.4 Å². The minimum Gasteiger partial charge on any atom is -0.368 e. The van der Waals surface area contributed by atoms with Crippen molar-refractivity contribution in [3.8, 4) is 0 Å². The number of hydrogen-bond donors (Lipinski definition) is 0. The fourth-order valence-corrected chi connectivity index (χ4v) is 2.62. The highest BCUT2D eigenvalue weighted by Gasteiger charge is 2.22. The third kappa shape index (κ3) is 2.48. The summed E-state index contributed by atoms with van der Waals surface area (Å²) in [5.74, 6) is -0.346. The van der Waals surface area contributed by atoms with Gasteiger partial charge in [0.25, 0.3) is 0 Å². The van der Waals surface area contributed by atoms with Gasteiger partial charge in [0.2, 0.25) is 0 Å². The summed E-state index contributed by atoms with van der Waals surface area (Å²) in [6.07, 6.45) is 5.36. The van der Waals surface area contributed by atoms with Gasteiger partial charge in [0.1, 0.15) is 5.82 Å². The Bertz CT molecular complexity index is 405. The van der Waals surface area contributed by atoms with Crippen molar-refractivity contribution in [2.45, 2.75) is 38.6 Å². The lowest BCUT2D eigenvalue weighted by Gasteiger charge is -2.37. The molecule has 17 heavy (non-hydrogen) atoms. The van der Waals surface area contributed by atoms with Crippen LogP contribution in [0.15, 0.2) is 18.2 Å². The summed E-state index contributed by atoms with van der Waals surface area (Å²) >= 11 is 0. The molecule has 1 aliphatic heterocycles. The molecule has 3 heteroatoms. The molecule has 1 heterocycles. The van der Waals surface area contributed by atoms with Crippen molar-refractivity contribution < 1.29 is 9.18 Å². The van der Waals surface area contributed by atoms with E-state index in [1.165, 1.54) is 18.6 Å². The first-order chi connectivity index (χ1) is 8.26. The Labute approximate surface area is 101 Å². The van der Waals surface area contributed by atoms with E-state index < -0.39 is 0 Å². The third-order valence-electron chi connectivity index (χ3n) is 3.52. The van der Waals surface area contributed by atoms with Gasteiger partial charge in [-0.25, -0.2) is 4.39 Å². The zero-order valence-electron chi connectivity index (χ0n) is 10.2. The number of hydrogen-bond acceptors (Lipinski definition) is 2. The predicted octanol–water partition coefficient (Wildman–Crippen LogP) is 3.41. The largest absolute Gasteiger partial charge is 0.368 e. The number of halogens is 1. The summed E-state index contributed by atoms with van der Waals surface area (Å²) in [4.78, 5) is 13.3. The van der Waals surface area contributed by atoms with Gasteiger partial charge in [0.15, 0.2) is 6.29 Å². The Morgan fingerprint density at radius 1 is 1.47 bits per heavy atom. The van der Waals surface area contributed by atoms with Crippen molar-refractivity contribution in [3.05, 3.63) is 29.6 Å². The smallest absolute Gasteiger partial charge is 0.152 e. The Hall–Kier alpha value is -1.38. The first-order valence-corrected chi connectivity index (χ1v) is 6.27. The van der Waals surface area contributed by atoms with E-state index in [0.29, 0.717) is 11.6 Å². The zero-order valence-corrected chi connectivity index (χ0v) is 10.2. The minimum absolute atomic E-state index is 0.346. The maximum absolute atomic E-state index is 13.1. The lowest BCUT2D eigenvalue weighted by Crippen LogP contribution is -2.39. The number of rotatable bonds is 3. The SMILES string of the molecule is CCC1CCCCN1c1ccc(F)cc1C=O. The molecule has 0 amide bonds. The fourth-order valence-electron chi connectivity index (χ4n) is 2.62. The molecular formula is C14H18FNO. The van der Waals surface area contributed by atoms with E-state index in [9.17, 15) is 9.18 Å². The van der Waals surface area contributed by atoms with Crippen LogP contribution >= 0.6 is 0 Å². The molecule has 0 bridgehead atoms. The van der Waals surface area contributed by atoms with Gasteiger partial charge >= 0.3 is 0 Å². The van der Waals surface area contributed by atoms with E-state index in [4.69, 9.17) is 0 Å². The van der Waals surface area contributed by atoms with Crippen LogP contribution < -0.4 is 4.90 Å². The molecule has 2 nitrogen and oxygen atoms in total. The number of nitrogens with zero attached hydrogens (tertiary/aromatic N) is 1. The first kappa shape index (κ1) is 12.1. The van der Waals surface area contributed by atoms with Crippen LogP contribution in [0.5, 0.6) is 0 Å². The Kier molecular flexibility index (Phi) is 3.77. The lowest BCUT2D eigenvalue weighted by atomic mass is 9.98. The van der Waals surface area contributed by atoms with Gasteiger partial charge in [0, 0.05) is 23.8 Å². The van der Waals surface area contributed by atoms with Crippen LogP contribution in [0.3, 0.4) is 0 Å². The number of carbonyl (C=O) groups excluding carboxylic acids is 1. The second-order valence-electron chi connectivity index (χ2n) is 4.57. The van der Waals surface area contributed by atoms with Gasteiger partial charge in [-0.1, -0.05) is 6.92 Å². The molecule has 0 aliphatic carbocycles. The molecule has 92 valence electrons. The zero-order chi connectivity index (χ0) is 12.3. The van der Waals surface area contributed by atoms with Crippen LogP contribution in [0.25, 0.3) is 0 Å². The van der Waals surface area contributed by atoms with Crippen molar-refractivity contribution in [2.24, 2.45) is 0 Å². The topological polar surface area (TPSA) is 20.3 Å². The van der Waals surface area contributed by atoms with Crippen LogP contribution in [0.2, 0.25) is 0 Å². The number of anilines is 1. The summed E-state index contributed by atoms with van der Waals surface area (Å²) < 4.78 is 13.1. The second kappa shape index (κ2) is 5.30. The average Bonchev–Trinajstić information content (AvgIpc) is 2.38. The molecule has 0 radical (unpaired) electrons. The van der Waals surface area contributed by atoms with E-state index >= 15 is 0 Å². The number of piperidine rings is 1. The maximum atomic E-state index is 13.1. The highest BCUT2D eigenvalue weighted by atomic mass is 19.1. The lowest BCUT2D eigenvalue weighted by molar-refractivity contribution is 0.112. The summed E-state index contributed by atoms with van der Waals surface area (Å²) in [7, 11) is 0. The molecule has 1 aromatic rings. The predicted molar refractivity (Wildman–Crippen MR) is 67.1 cm³/mol. The Morgan fingerprint density at radius 2 is 2.29 bits per heavy atom. The highest BCUT2D eigenvalue weighted by Crippen LogP contribution is 2.29. The van der Waals surface area contributed by atoms with Gasteiger partial charge < -0.3 is 4.90 Å². The average molecular weight is 235 g/mol. The van der Waals surface area contributed by atoms with Crippen molar-refractivity contribution in [1.29, 1.82) is 0 Å². The second-order valence-corrected chi connectivity index (χ2v) is 4.57. The molecule has 0 spiro atoms. The van der Waals surface area contributed by atoms with E-state index in [-0.39, 0.29) is 5.82 Å². The molecular weight excluding hydrogens is 217 g/mol. The van der Waals surface area contributed by atoms with Crippen molar-refractivity contribution in [3.63, 3.8) is 0 Å². The van der Waals surface area contributed by atoms with Crippen molar-refractivity contribution >= 4 is 12.0 Å². The van der Waals surface area contributed by atoms with Crippen LogP contribution in [-0.2, 0) is 0 Å². The molecule has 1 atom stereocenters.